The zero-order valence-corrected chi connectivity index (χ0v) is 13.9. The Kier molecular flexibility index (Phi) is 4.46. The second-order valence-electron chi connectivity index (χ2n) is 5.07. The van der Waals surface area contributed by atoms with Gasteiger partial charge in [-0.15, -0.1) is 11.3 Å². The average molecular weight is 338 g/mol. The summed E-state index contributed by atoms with van der Waals surface area (Å²) < 4.78 is 29.5. The van der Waals surface area contributed by atoms with Gasteiger partial charge < -0.3 is 9.64 Å². The Labute approximate surface area is 134 Å². The van der Waals surface area contributed by atoms with Gasteiger partial charge in [0.1, 0.15) is 11.1 Å². The maximum absolute atomic E-state index is 11.9. The third-order valence-electron chi connectivity index (χ3n) is 3.73. The van der Waals surface area contributed by atoms with E-state index in [0.29, 0.717) is 11.5 Å². The molecule has 0 amide bonds. The van der Waals surface area contributed by atoms with Crippen LogP contribution in [0.4, 0.5) is 5.69 Å². The second kappa shape index (κ2) is 6.36. The molecule has 0 aliphatic carbocycles. The van der Waals surface area contributed by atoms with Crippen LogP contribution in [0, 0.1) is 0 Å². The Balaban J connectivity index is 1.76. The number of anilines is 1. The highest BCUT2D eigenvalue weighted by molar-refractivity contribution is 7.91. The average Bonchev–Trinajstić information content (AvgIpc) is 3.10. The molecule has 1 saturated heterocycles. The number of sulfone groups is 1. The quantitative estimate of drug-likeness (QED) is 0.857. The van der Waals surface area contributed by atoms with Crippen LogP contribution in [0.2, 0.25) is 0 Å². The molecular formula is C15H18N2O3S2. The summed E-state index contributed by atoms with van der Waals surface area (Å²) in [4.78, 5) is 6.90. The van der Waals surface area contributed by atoms with Crippen molar-refractivity contribution in [3.63, 3.8) is 0 Å². The first kappa shape index (κ1) is 15.5. The summed E-state index contributed by atoms with van der Waals surface area (Å²) in [5.41, 5.74) is 1.01. The number of nitrogens with zero attached hydrogens (tertiary/aromatic N) is 2. The second-order valence-corrected chi connectivity index (χ2v) is 8.28. The van der Waals surface area contributed by atoms with Crippen LogP contribution in [0.1, 0.15) is 18.0 Å². The lowest BCUT2D eigenvalue weighted by atomic mass is 10.2. The molecule has 1 fully saturated rings. The van der Waals surface area contributed by atoms with E-state index in [4.69, 9.17) is 4.74 Å². The van der Waals surface area contributed by atoms with Gasteiger partial charge in [0.15, 0.2) is 9.84 Å². The van der Waals surface area contributed by atoms with E-state index in [1.165, 1.54) is 0 Å². The Morgan fingerprint density at radius 3 is 2.77 bits per heavy atom. The molecule has 1 aliphatic rings. The zero-order chi connectivity index (χ0) is 15.6. The largest absolute Gasteiger partial charge is 0.367 e. The monoisotopic (exact) mass is 338 g/mol. The minimum Gasteiger partial charge on any atom is -0.367 e. The standard InChI is InChI=1S/C15H18N2O3S2/c1-2-22(18,19)13-5-3-12(4-6-13)17-8-9-20-14(11-17)15-16-7-10-21-15/h3-7,10,14H,2,8-9,11H2,1H3/t14-/m0/s1. The smallest absolute Gasteiger partial charge is 0.178 e. The molecule has 0 bridgehead atoms. The summed E-state index contributed by atoms with van der Waals surface area (Å²) in [6.45, 7) is 3.82. The van der Waals surface area contributed by atoms with E-state index in [2.05, 4.69) is 9.88 Å². The lowest BCUT2D eigenvalue weighted by Crippen LogP contribution is -2.38. The van der Waals surface area contributed by atoms with E-state index < -0.39 is 9.84 Å². The van der Waals surface area contributed by atoms with Crippen LogP contribution in [-0.2, 0) is 14.6 Å². The first-order valence-electron chi connectivity index (χ1n) is 7.19. The topological polar surface area (TPSA) is 59.5 Å². The molecule has 1 atom stereocenters. The molecule has 5 nitrogen and oxygen atoms in total. The molecule has 0 N–H and O–H groups in total. The molecular weight excluding hydrogens is 320 g/mol. The van der Waals surface area contributed by atoms with Gasteiger partial charge >= 0.3 is 0 Å². The molecule has 2 aromatic rings. The van der Waals surface area contributed by atoms with Crippen LogP contribution in [0.25, 0.3) is 0 Å². The number of aromatic nitrogens is 1. The Morgan fingerprint density at radius 2 is 2.14 bits per heavy atom. The van der Waals surface area contributed by atoms with Gasteiger partial charge in [-0.3, -0.25) is 0 Å². The van der Waals surface area contributed by atoms with Crippen LogP contribution in [-0.4, -0.2) is 38.9 Å². The molecule has 0 unspecified atom stereocenters. The first-order valence-corrected chi connectivity index (χ1v) is 9.72. The predicted molar refractivity (Wildman–Crippen MR) is 87.2 cm³/mol. The van der Waals surface area contributed by atoms with Gasteiger partial charge in [0.2, 0.25) is 0 Å². The Hall–Kier alpha value is -1.44. The fourth-order valence-corrected chi connectivity index (χ4v) is 4.02. The normalized spacial score (nSPS) is 19.3. The van der Waals surface area contributed by atoms with Crippen molar-refractivity contribution >= 4 is 26.9 Å². The molecule has 0 radical (unpaired) electrons. The highest BCUT2D eigenvalue weighted by atomic mass is 32.2. The Bertz CT molecular complexity index is 712. The fourth-order valence-electron chi connectivity index (χ4n) is 2.46. The first-order chi connectivity index (χ1) is 10.6. The van der Waals surface area contributed by atoms with Gasteiger partial charge in [-0.25, -0.2) is 13.4 Å². The van der Waals surface area contributed by atoms with E-state index in [1.54, 1.807) is 36.6 Å². The van der Waals surface area contributed by atoms with Crippen molar-refractivity contribution in [3.8, 4) is 0 Å². The highest BCUT2D eigenvalue weighted by Crippen LogP contribution is 2.27. The van der Waals surface area contributed by atoms with Crippen molar-refractivity contribution < 1.29 is 13.2 Å². The van der Waals surface area contributed by atoms with Crippen molar-refractivity contribution in [2.45, 2.75) is 17.9 Å². The predicted octanol–water partition coefficient (Wildman–Crippen LogP) is 2.51. The van der Waals surface area contributed by atoms with Gasteiger partial charge in [0.25, 0.3) is 0 Å². The van der Waals surface area contributed by atoms with Gasteiger partial charge in [0.05, 0.1) is 23.8 Å². The number of rotatable bonds is 4. The van der Waals surface area contributed by atoms with Crippen LogP contribution in [0.5, 0.6) is 0 Å². The number of hydrogen-bond donors (Lipinski definition) is 0. The third-order valence-corrected chi connectivity index (χ3v) is 6.35. The van der Waals surface area contributed by atoms with Crippen LogP contribution >= 0.6 is 11.3 Å². The number of morpholine rings is 1. The van der Waals surface area contributed by atoms with Gasteiger partial charge in [-0.1, -0.05) is 6.92 Å². The fraction of sp³-hybridized carbons (Fsp3) is 0.400. The van der Waals surface area contributed by atoms with E-state index in [0.717, 1.165) is 23.8 Å². The molecule has 2 heterocycles. The minimum atomic E-state index is -3.14. The zero-order valence-electron chi connectivity index (χ0n) is 12.3. The number of thiazole rings is 1. The van der Waals surface area contributed by atoms with Crippen molar-refractivity contribution in [2.75, 3.05) is 30.3 Å². The molecule has 1 aliphatic heterocycles. The Morgan fingerprint density at radius 1 is 1.36 bits per heavy atom. The summed E-state index contributed by atoms with van der Waals surface area (Å²) in [5, 5.41) is 2.93. The molecule has 118 valence electrons. The van der Waals surface area contributed by atoms with Crippen molar-refractivity contribution in [1.82, 2.24) is 4.98 Å². The summed E-state index contributed by atoms with van der Waals surface area (Å²) >= 11 is 1.59. The summed E-state index contributed by atoms with van der Waals surface area (Å²) in [5.74, 6) is 0.121. The molecule has 3 rings (SSSR count). The number of benzene rings is 1. The van der Waals surface area contributed by atoms with E-state index in [1.807, 2.05) is 17.5 Å². The van der Waals surface area contributed by atoms with Gasteiger partial charge in [-0.05, 0) is 24.3 Å². The molecule has 22 heavy (non-hydrogen) atoms. The van der Waals surface area contributed by atoms with E-state index in [9.17, 15) is 8.42 Å². The highest BCUT2D eigenvalue weighted by Gasteiger charge is 2.24. The third kappa shape index (κ3) is 3.16. The summed E-state index contributed by atoms with van der Waals surface area (Å²) in [6.07, 6.45) is 1.76. The lowest BCUT2D eigenvalue weighted by Gasteiger charge is -2.33. The molecule has 1 aromatic heterocycles. The van der Waals surface area contributed by atoms with Crippen LogP contribution in [0.3, 0.4) is 0 Å². The van der Waals surface area contributed by atoms with Crippen molar-refractivity contribution in [3.05, 3.63) is 40.8 Å². The van der Waals surface area contributed by atoms with Gasteiger partial charge in [0, 0.05) is 23.8 Å². The minimum absolute atomic E-state index is 0.0206. The summed E-state index contributed by atoms with van der Waals surface area (Å²) in [7, 11) is -3.14. The molecule has 0 spiro atoms. The van der Waals surface area contributed by atoms with E-state index in [-0.39, 0.29) is 11.9 Å². The van der Waals surface area contributed by atoms with Crippen LogP contribution < -0.4 is 4.90 Å². The summed E-state index contributed by atoms with van der Waals surface area (Å²) in [6, 6.07) is 7.10. The lowest BCUT2D eigenvalue weighted by molar-refractivity contribution is 0.0396. The van der Waals surface area contributed by atoms with Crippen molar-refractivity contribution in [2.24, 2.45) is 0 Å². The SMILES string of the molecule is CCS(=O)(=O)c1ccc(N2CCO[C@H](c3nccs3)C2)cc1. The maximum atomic E-state index is 11.9. The van der Waals surface area contributed by atoms with Gasteiger partial charge in [-0.2, -0.15) is 0 Å². The maximum Gasteiger partial charge on any atom is 0.178 e. The molecule has 1 aromatic carbocycles. The number of hydrogen-bond acceptors (Lipinski definition) is 6. The van der Waals surface area contributed by atoms with E-state index >= 15 is 0 Å². The molecule has 0 saturated carbocycles. The van der Waals surface area contributed by atoms with Crippen molar-refractivity contribution in [1.29, 1.82) is 0 Å². The number of ether oxygens (including phenoxy) is 1. The molecule has 7 heteroatoms. The van der Waals surface area contributed by atoms with Crippen LogP contribution in [0.15, 0.2) is 40.7 Å².